The molecule has 5 rings (SSSR count). The molecular formula is C26H26N4O2S. The van der Waals surface area contributed by atoms with Crippen LogP contribution in [-0.4, -0.2) is 49.9 Å². The minimum absolute atomic E-state index is 0.301. The fourth-order valence-corrected chi connectivity index (χ4v) is 5.03. The summed E-state index contributed by atoms with van der Waals surface area (Å²) in [5.41, 5.74) is 4.25. The third-order valence-electron chi connectivity index (χ3n) is 6.12. The Morgan fingerprint density at radius 2 is 1.61 bits per heavy atom. The van der Waals surface area contributed by atoms with E-state index in [-0.39, 0.29) is 11.8 Å². The monoisotopic (exact) mass is 458 g/mol. The predicted octanol–water partition coefficient (Wildman–Crippen LogP) is 4.20. The first-order chi connectivity index (χ1) is 16.0. The Kier molecular flexibility index (Phi) is 5.74. The molecule has 168 valence electrons. The maximum absolute atomic E-state index is 13.5. The van der Waals surface area contributed by atoms with Crippen molar-refractivity contribution in [2.75, 3.05) is 48.3 Å². The maximum Gasteiger partial charge on any atom is 0.282 e. The normalized spacial score (nSPS) is 17.3. The van der Waals surface area contributed by atoms with Crippen molar-refractivity contribution in [3.05, 3.63) is 82.2 Å². The molecule has 0 unspecified atom stereocenters. The minimum atomic E-state index is -0.336. The second kappa shape index (κ2) is 8.84. The molecule has 1 N–H and O–H groups in total. The molecule has 2 amide bonds. The molecule has 2 aliphatic rings. The van der Waals surface area contributed by atoms with Crippen LogP contribution in [0.25, 0.3) is 5.57 Å². The van der Waals surface area contributed by atoms with Gasteiger partial charge in [-0.1, -0.05) is 18.2 Å². The molecule has 3 heterocycles. The van der Waals surface area contributed by atoms with E-state index in [2.05, 4.69) is 34.3 Å². The van der Waals surface area contributed by atoms with E-state index in [4.69, 9.17) is 0 Å². The van der Waals surface area contributed by atoms with Gasteiger partial charge in [0.15, 0.2) is 0 Å². The SMILES string of the molecule is Cc1cccc(N2C(=O)C(Nc3ccc(N4CCN(C)CC4)cc3)=C(c3cccs3)C2=O)c1. The Hall–Kier alpha value is -3.42. The first-order valence-electron chi connectivity index (χ1n) is 11.1. The summed E-state index contributed by atoms with van der Waals surface area (Å²) < 4.78 is 0. The fourth-order valence-electron chi connectivity index (χ4n) is 4.26. The highest BCUT2D eigenvalue weighted by Gasteiger charge is 2.40. The predicted molar refractivity (Wildman–Crippen MR) is 135 cm³/mol. The molecule has 33 heavy (non-hydrogen) atoms. The Morgan fingerprint density at radius 1 is 0.848 bits per heavy atom. The van der Waals surface area contributed by atoms with Crippen molar-refractivity contribution in [2.24, 2.45) is 0 Å². The zero-order valence-corrected chi connectivity index (χ0v) is 19.6. The lowest BCUT2D eigenvalue weighted by Crippen LogP contribution is -2.44. The summed E-state index contributed by atoms with van der Waals surface area (Å²) in [4.78, 5) is 33.6. The molecular weight excluding hydrogens is 432 g/mol. The van der Waals surface area contributed by atoms with Gasteiger partial charge in [-0.3, -0.25) is 9.59 Å². The second-order valence-electron chi connectivity index (χ2n) is 8.47. The Bertz CT molecular complexity index is 1210. The molecule has 0 atom stereocenters. The summed E-state index contributed by atoms with van der Waals surface area (Å²) in [5, 5.41) is 5.17. The standard InChI is InChI=1S/C26H26N4O2S/c1-18-5-3-6-21(17-18)30-25(31)23(22-7-4-16-33-22)24(26(30)32)27-19-8-10-20(11-9-19)29-14-12-28(2)13-15-29/h3-11,16-17,27H,12-15H2,1-2H3. The number of nitrogens with zero attached hydrogens (tertiary/aromatic N) is 3. The molecule has 0 radical (unpaired) electrons. The number of carbonyl (C=O) groups is 2. The van der Waals surface area contributed by atoms with Crippen LogP contribution >= 0.6 is 11.3 Å². The van der Waals surface area contributed by atoms with Crippen molar-refractivity contribution in [3.8, 4) is 0 Å². The molecule has 0 spiro atoms. The summed E-state index contributed by atoms with van der Waals surface area (Å²) in [6.07, 6.45) is 0. The topological polar surface area (TPSA) is 55.9 Å². The largest absolute Gasteiger partial charge is 0.369 e. The van der Waals surface area contributed by atoms with Crippen LogP contribution in [0, 0.1) is 6.92 Å². The van der Waals surface area contributed by atoms with Gasteiger partial charge in [0.25, 0.3) is 11.8 Å². The zero-order chi connectivity index (χ0) is 22.9. The number of hydrogen-bond acceptors (Lipinski definition) is 6. The summed E-state index contributed by atoms with van der Waals surface area (Å²) in [6.45, 7) is 6.03. The Labute approximate surface area is 197 Å². The number of carbonyl (C=O) groups excluding carboxylic acids is 2. The van der Waals surface area contributed by atoms with E-state index in [1.807, 2.05) is 54.8 Å². The number of thiophene rings is 1. The lowest BCUT2D eigenvalue weighted by molar-refractivity contribution is -0.120. The molecule has 6 nitrogen and oxygen atoms in total. The molecule has 0 aliphatic carbocycles. The van der Waals surface area contributed by atoms with Gasteiger partial charge in [-0.15, -0.1) is 11.3 Å². The van der Waals surface area contributed by atoms with E-state index >= 15 is 0 Å². The van der Waals surface area contributed by atoms with Gasteiger partial charge >= 0.3 is 0 Å². The van der Waals surface area contributed by atoms with Crippen LogP contribution < -0.4 is 15.1 Å². The van der Waals surface area contributed by atoms with E-state index in [1.165, 1.54) is 16.2 Å². The number of benzene rings is 2. The summed E-state index contributed by atoms with van der Waals surface area (Å²) in [6, 6.07) is 19.3. The zero-order valence-electron chi connectivity index (χ0n) is 18.7. The highest BCUT2D eigenvalue weighted by Crippen LogP contribution is 2.36. The van der Waals surface area contributed by atoms with Crippen LogP contribution in [0.4, 0.5) is 17.1 Å². The number of nitrogens with one attached hydrogen (secondary N) is 1. The lowest BCUT2D eigenvalue weighted by atomic mass is 10.1. The van der Waals surface area contributed by atoms with Crippen LogP contribution in [0.5, 0.6) is 0 Å². The van der Waals surface area contributed by atoms with Crippen LogP contribution in [0.1, 0.15) is 10.4 Å². The first kappa shape index (κ1) is 21.4. The molecule has 3 aromatic rings. The quantitative estimate of drug-likeness (QED) is 0.581. The van der Waals surface area contributed by atoms with Crippen molar-refractivity contribution < 1.29 is 9.59 Å². The van der Waals surface area contributed by atoms with Crippen LogP contribution in [0.3, 0.4) is 0 Å². The number of amides is 2. The summed E-state index contributed by atoms with van der Waals surface area (Å²) in [7, 11) is 2.14. The molecule has 1 aromatic heterocycles. The summed E-state index contributed by atoms with van der Waals surface area (Å²) >= 11 is 1.45. The molecule has 0 saturated carbocycles. The van der Waals surface area contributed by atoms with Gasteiger partial charge in [0, 0.05) is 42.4 Å². The van der Waals surface area contributed by atoms with Gasteiger partial charge in [-0.2, -0.15) is 0 Å². The fraction of sp³-hybridized carbons (Fsp3) is 0.231. The maximum atomic E-state index is 13.5. The van der Waals surface area contributed by atoms with Crippen LogP contribution in [-0.2, 0) is 9.59 Å². The van der Waals surface area contributed by atoms with Crippen LogP contribution in [0.2, 0.25) is 0 Å². The third-order valence-corrected chi connectivity index (χ3v) is 7.00. The Balaban J connectivity index is 1.44. The van der Waals surface area contributed by atoms with Gasteiger partial charge in [0.1, 0.15) is 5.70 Å². The molecule has 2 aromatic carbocycles. The smallest absolute Gasteiger partial charge is 0.282 e. The average molecular weight is 459 g/mol. The highest BCUT2D eigenvalue weighted by atomic mass is 32.1. The van der Waals surface area contributed by atoms with Crippen molar-refractivity contribution in [1.29, 1.82) is 0 Å². The average Bonchev–Trinajstić information content (AvgIpc) is 3.41. The highest BCUT2D eigenvalue weighted by molar-refractivity contribution is 7.11. The van der Waals surface area contributed by atoms with Gasteiger partial charge in [-0.05, 0) is 67.4 Å². The lowest BCUT2D eigenvalue weighted by Gasteiger charge is -2.34. The minimum Gasteiger partial charge on any atom is -0.369 e. The van der Waals surface area contributed by atoms with Crippen molar-refractivity contribution in [2.45, 2.75) is 6.92 Å². The molecule has 7 heteroatoms. The number of aryl methyl sites for hydroxylation is 1. The Morgan fingerprint density at radius 3 is 2.27 bits per heavy atom. The number of anilines is 3. The van der Waals surface area contributed by atoms with Crippen molar-refractivity contribution >= 4 is 45.8 Å². The van der Waals surface area contributed by atoms with Crippen molar-refractivity contribution in [3.63, 3.8) is 0 Å². The van der Waals surface area contributed by atoms with E-state index in [0.29, 0.717) is 17.0 Å². The first-order valence-corrected chi connectivity index (χ1v) is 11.9. The summed E-state index contributed by atoms with van der Waals surface area (Å²) in [5.74, 6) is -0.637. The number of imide groups is 1. The second-order valence-corrected chi connectivity index (χ2v) is 9.42. The van der Waals surface area contributed by atoms with Crippen molar-refractivity contribution in [1.82, 2.24) is 4.90 Å². The van der Waals surface area contributed by atoms with E-state index in [0.717, 1.165) is 48.0 Å². The molecule has 1 fully saturated rings. The van der Waals surface area contributed by atoms with Gasteiger partial charge in [-0.25, -0.2) is 4.90 Å². The van der Waals surface area contributed by atoms with Gasteiger partial charge in [0.2, 0.25) is 0 Å². The van der Waals surface area contributed by atoms with Gasteiger partial charge in [0.05, 0.1) is 11.3 Å². The number of piperazine rings is 1. The third kappa shape index (κ3) is 4.17. The number of likely N-dealkylation sites (N-methyl/N-ethyl adjacent to an activating group) is 1. The van der Waals surface area contributed by atoms with E-state index < -0.39 is 0 Å². The van der Waals surface area contributed by atoms with E-state index in [1.54, 1.807) is 6.07 Å². The number of rotatable bonds is 5. The van der Waals surface area contributed by atoms with Crippen LogP contribution in [0.15, 0.2) is 71.7 Å². The molecule has 0 bridgehead atoms. The molecule has 2 aliphatic heterocycles. The van der Waals surface area contributed by atoms with E-state index in [9.17, 15) is 9.59 Å². The van der Waals surface area contributed by atoms with Gasteiger partial charge < -0.3 is 15.1 Å². The molecule has 1 saturated heterocycles. The number of hydrogen-bond donors (Lipinski definition) is 1.